The molecule has 1 amide bonds. The van der Waals surface area contributed by atoms with Crippen molar-refractivity contribution in [3.63, 3.8) is 0 Å². The van der Waals surface area contributed by atoms with Gasteiger partial charge in [0.05, 0.1) is 21.5 Å². The maximum atomic E-state index is 12.9. The van der Waals surface area contributed by atoms with Crippen LogP contribution in [0.1, 0.15) is 24.1 Å². The third-order valence-corrected chi connectivity index (χ3v) is 6.37. The van der Waals surface area contributed by atoms with Crippen LogP contribution in [0.5, 0.6) is 5.75 Å². The molecule has 0 bridgehead atoms. The molecule has 3 aromatic carbocycles. The van der Waals surface area contributed by atoms with Crippen LogP contribution < -0.4 is 14.8 Å². The van der Waals surface area contributed by atoms with Gasteiger partial charge in [0.1, 0.15) is 5.75 Å². The summed E-state index contributed by atoms with van der Waals surface area (Å²) in [4.78, 5) is 11.9. The monoisotopic (exact) mass is 512 g/mol. The molecule has 0 heterocycles. The summed E-state index contributed by atoms with van der Waals surface area (Å²) < 4.78 is 71.3. The van der Waals surface area contributed by atoms with Crippen LogP contribution in [-0.4, -0.2) is 20.9 Å². The molecule has 0 unspecified atom stereocenters. The molecule has 0 saturated heterocycles. The van der Waals surface area contributed by atoms with Crippen molar-refractivity contribution in [3.8, 4) is 5.75 Å². The normalized spacial score (nSPS) is 12.6. The minimum absolute atomic E-state index is 0.0715. The first-order valence-electron chi connectivity index (χ1n) is 9.92. The standard InChI is InChI=1S/C23H20ClF3N2O4S/c1-15(16-6-3-2-4-7-16)28-22(30)14-33-21-11-10-19(13-20(21)24)34(31,32)29-18-9-5-8-17(12-18)23(25,26)27/h2-13,15,29H,14H2,1H3,(H,28,30)/t15-/m0/s1. The van der Waals surface area contributed by atoms with Crippen molar-refractivity contribution in [1.82, 2.24) is 5.32 Å². The molecule has 11 heteroatoms. The zero-order valence-corrected chi connectivity index (χ0v) is 19.3. The van der Waals surface area contributed by atoms with E-state index in [2.05, 4.69) is 10.0 Å². The second-order valence-electron chi connectivity index (χ2n) is 7.26. The summed E-state index contributed by atoms with van der Waals surface area (Å²) in [5.74, 6) is -0.336. The van der Waals surface area contributed by atoms with Gasteiger partial charge in [-0.3, -0.25) is 9.52 Å². The number of hydrogen-bond donors (Lipinski definition) is 2. The summed E-state index contributed by atoms with van der Waals surface area (Å²) >= 11 is 6.11. The number of alkyl halides is 3. The molecule has 0 aromatic heterocycles. The third kappa shape index (κ3) is 6.64. The number of sulfonamides is 1. The van der Waals surface area contributed by atoms with E-state index in [1.165, 1.54) is 18.2 Å². The average Bonchev–Trinajstić information content (AvgIpc) is 2.78. The van der Waals surface area contributed by atoms with E-state index in [-0.39, 0.29) is 34.0 Å². The first-order chi connectivity index (χ1) is 16.0. The highest BCUT2D eigenvalue weighted by molar-refractivity contribution is 7.92. The molecular formula is C23H20ClF3N2O4S. The molecule has 1 atom stereocenters. The van der Waals surface area contributed by atoms with Gasteiger partial charge >= 0.3 is 6.18 Å². The summed E-state index contributed by atoms with van der Waals surface area (Å²) in [6, 6.07) is 16.4. The van der Waals surface area contributed by atoms with Crippen LogP contribution in [0.25, 0.3) is 0 Å². The highest BCUT2D eigenvalue weighted by atomic mass is 35.5. The molecule has 0 spiro atoms. The Hall–Kier alpha value is -3.24. The fourth-order valence-electron chi connectivity index (χ4n) is 2.99. The Labute approximate surface area is 199 Å². The Balaban J connectivity index is 1.64. The molecular weight excluding hydrogens is 493 g/mol. The predicted octanol–water partition coefficient (Wildman–Crippen LogP) is 5.42. The Morgan fingerprint density at radius 1 is 1.03 bits per heavy atom. The van der Waals surface area contributed by atoms with E-state index in [0.717, 1.165) is 23.8 Å². The Morgan fingerprint density at radius 2 is 1.74 bits per heavy atom. The summed E-state index contributed by atoms with van der Waals surface area (Å²) in [6.45, 7) is 1.46. The van der Waals surface area contributed by atoms with Gasteiger partial charge in [-0.05, 0) is 48.9 Å². The first kappa shape index (κ1) is 25.4. The number of amides is 1. The van der Waals surface area contributed by atoms with Crippen LogP contribution in [0.15, 0.2) is 77.7 Å². The smallest absolute Gasteiger partial charge is 0.416 e. The van der Waals surface area contributed by atoms with Crippen LogP contribution in [-0.2, 0) is 21.0 Å². The number of ether oxygens (including phenoxy) is 1. The minimum atomic E-state index is -4.62. The van der Waals surface area contributed by atoms with E-state index in [4.69, 9.17) is 16.3 Å². The topological polar surface area (TPSA) is 84.5 Å². The summed E-state index contributed by atoms with van der Waals surface area (Å²) in [5, 5.41) is 2.68. The van der Waals surface area contributed by atoms with Crippen molar-refractivity contribution < 1.29 is 31.1 Å². The van der Waals surface area contributed by atoms with Gasteiger partial charge in [0.25, 0.3) is 15.9 Å². The lowest BCUT2D eigenvalue weighted by molar-refractivity contribution is -0.137. The second-order valence-corrected chi connectivity index (χ2v) is 9.35. The lowest BCUT2D eigenvalue weighted by Crippen LogP contribution is -2.31. The fraction of sp³-hybridized carbons (Fsp3) is 0.174. The molecule has 0 aliphatic carbocycles. The number of nitrogens with one attached hydrogen (secondary N) is 2. The van der Waals surface area contributed by atoms with Gasteiger partial charge in [0, 0.05) is 5.69 Å². The van der Waals surface area contributed by atoms with Crippen LogP contribution in [0.4, 0.5) is 18.9 Å². The molecule has 3 aromatic rings. The van der Waals surface area contributed by atoms with E-state index in [0.29, 0.717) is 6.07 Å². The van der Waals surface area contributed by atoms with Gasteiger partial charge in [0.2, 0.25) is 0 Å². The average molecular weight is 513 g/mol. The maximum absolute atomic E-state index is 12.9. The maximum Gasteiger partial charge on any atom is 0.416 e. The highest BCUT2D eigenvalue weighted by Gasteiger charge is 2.30. The zero-order chi connectivity index (χ0) is 24.9. The van der Waals surface area contributed by atoms with Gasteiger partial charge < -0.3 is 10.1 Å². The molecule has 3 rings (SSSR count). The van der Waals surface area contributed by atoms with Crippen LogP contribution in [0.2, 0.25) is 5.02 Å². The molecule has 180 valence electrons. The fourth-order valence-corrected chi connectivity index (χ4v) is 4.37. The summed E-state index contributed by atoms with van der Waals surface area (Å²) in [6.07, 6.45) is -4.62. The van der Waals surface area contributed by atoms with Crippen LogP contribution in [0, 0.1) is 0 Å². The van der Waals surface area contributed by atoms with Gasteiger partial charge in [-0.15, -0.1) is 0 Å². The summed E-state index contributed by atoms with van der Waals surface area (Å²) in [5.41, 5.74) is -0.332. The van der Waals surface area contributed by atoms with E-state index >= 15 is 0 Å². The molecule has 34 heavy (non-hydrogen) atoms. The molecule has 0 saturated carbocycles. The van der Waals surface area contributed by atoms with Gasteiger partial charge in [-0.2, -0.15) is 13.2 Å². The number of anilines is 1. The lowest BCUT2D eigenvalue weighted by Gasteiger charge is -2.15. The van der Waals surface area contributed by atoms with E-state index in [1.54, 1.807) is 0 Å². The Morgan fingerprint density at radius 3 is 2.38 bits per heavy atom. The van der Waals surface area contributed by atoms with Gasteiger partial charge in [-0.25, -0.2) is 8.42 Å². The SMILES string of the molecule is C[C@H](NC(=O)COc1ccc(S(=O)(=O)Nc2cccc(C(F)(F)F)c2)cc1Cl)c1ccccc1. The number of rotatable bonds is 8. The third-order valence-electron chi connectivity index (χ3n) is 4.69. The minimum Gasteiger partial charge on any atom is -0.482 e. The number of halogens is 4. The largest absolute Gasteiger partial charge is 0.482 e. The molecule has 0 aliphatic heterocycles. The molecule has 0 radical (unpaired) electrons. The van der Waals surface area contributed by atoms with E-state index in [9.17, 15) is 26.4 Å². The Kier molecular flexibility index (Phi) is 7.73. The van der Waals surface area contributed by atoms with Crippen LogP contribution >= 0.6 is 11.6 Å². The number of hydrogen-bond acceptors (Lipinski definition) is 4. The van der Waals surface area contributed by atoms with Crippen molar-refractivity contribution in [1.29, 1.82) is 0 Å². The van der Waals surface area contributed by atoms with Crippen molar-refractivity contribution in [2.24, 2.45) is 0 Å². The van der Waals surface area contributed by atoms with Crippen LogP contribution in [0.3, 0.4) is 0 Å². The van der Waals surface area contributed by atoms with Crippen molar-refractivity contribution >= 4 is 33.2 Å². The predicted molar refractivity (Wildman–Crippen MR) is 122 cm³/mol. The first-order valence-corrected chi connectivity index (χ1v) is 11.8. The second kappa shape index (κ2) is 10.4. The van der Waals surface area contributed by atoms with Gasteiger partial charge in [-0.1, -0.05) is 48.0 Å². The van der Waals surface area contributed by atoms with E-state index in [1.807, 2.05) is 37.3 Å². The summed E-state index contributed by atoms with van der Waals surface area (Å²) in [7, 11) is -4.23. The number of benzene rings is 3. The van der Waals surface area contributed by atoms with Crippen molar-refractivity contribution in [3.05, 3.63) is 88.9 Å². The number of carbonyl (C=O) groups excluding carboxylic acids is 1. The highest BCUT2D eigenvalue weighted by Crippen LogP contribution is 2.32. The molecule has 2 N–H and O–H groups in total. The molecule has 0 aliphatic rings. The molecule has 6 nitrogen and oxygen atoms in total. The van der Waals surface area contributed by atoms with Crippen molar-refractivity contribution in [2.75, 3.05) is 11.3 Å². The zero-order valence-electron chi connectivity index (χ0n) is 17.8. The quantitative estimate of drug-likeness (QED) is 0.422. The lowest BCUT2D eigenvalue weighted by atomic mass is 10.1. The number of carbonyl (C=O) groups is 1. The van der Waals surface area contributed by atoms with E-state index < -0.39 is 27.7 Å². The van der Waals surface area contributed by atoms with Crippen molar-refractivity contribution in [2.45, 2.75) is 24.0 Å². The Bertz CT molecular complexity index is 1270. The van der Waals surface area contributed by atoms with Gasteiger partial charge in [0.15, 0.2) is 6.61 Å². The molecule has 0 fully saturated rings.